The van der Waals surface area contributed by atoms with Crippen molar-refractivity contribution in [1.82, 2.24) is 9.29 Å². The molecule has 0 spiro atoms. The molecule has 3 rings (SSSR count). The zero-order valence-electron chi connectivity index (χ0n) is 16.5. The van der Waals surface area contributed by atoms with Gasteiger partial charge in [-0.15, -0.1) is 0 Å². The number of nitrogens with one attached hydrogen (secondary N) is 1. The molecule has 1 amide bonds. The average Bonchev–Trinajstić information content (AvgIpc) is 3.15. The van der Waals surface area contributed by atoms with Gasteiger partial charge in [0.05, 0.1) is 16.2 Å². The van der Waals surface area contributed by atoms with E-state index >= 15 is 0 Å². The Hall–Kier alpha value is -2.41. The largest absolute Gasteiger partial charge is 0.325 e. The minimum Gasteiger partial charge on any atom is -0.325 e. The number of sulfonamides is 1. The number of carbonyl (C=O) groups is 1. The fourth-order valence-electron chi connectivity index (χ4n) is 3.23. The Bertz CT molecular complexity index is 1090. The Kier molecular flexibility index (Phi) is 6.27. The number of benzene rings is 1. The molecule has 1 aromatic heterocycles. The number of rotatable bonds is 6. The van der Waals surface area contributed by atoms with Gasteiger partial charge in [-0.1, -0.05) is 11.8 Å². The van der Waals surface area contributed by atoms with E-state index in [0.29, 0.717) is 16.3 Å². The van der Waals surface area contributed by atoms with Crippen molar-refractivity contribution >= 4 is 33.4 Å². The fourth-order valence-corrected chi connectivity index (χ4v) is 4.99. The van der Waals surface area contributed by atoms with E-state index in [4.69, 9.17) is 0 Å². The number of hydrogen-bond acceptors (Lipinski definition) is 6. The van der Waals surface area contributed by atoms with Crippen molar-refractivity contribution in [2.24, 2.45) is 0 Å². The standard InChI is InChI=1S/C20H22N4O3S2/c1-13-16-5-4-6-18(16)23-20(17(13)11-21)28-12-19(25)22-14-7-9-15(10-8-14)29(26,27)24(2)3/h7-10H,4-6,12H2,1-3H3,(H,22,25). The molecule has 9 heteroatoms. The second-order valence-corrected chi connectivity index (χ2v) is 10.1. The molecule has 0 saturated carbocycles. The number of thioether (sulfide) groups is 1. The van der Waals surface area contributed by atoms with E-state index in [1.807, 2.05) is 6.92 Å². The van der Waals surface area contributed by atoms with Gasteiger partial charge in [0.2, 0.25) is 15.9 Å². The summed E-state index contributed by atoms with van der Waals surface area (Å²) in [6, 6.07) is 8.24. The van der Waals surface area contributed by atoms with E-state index in [2.05, 4.69) is 16.4 Å². The summed E-state index contributed by atoms with van der Waals surface area (Å²) >= 11 is 1.24. The maximum absolute atomic E-state index is 12.3. The van der Waals surface area contributed by atoms with Gasteiger partial charge < -0.3 is 5.32 Å². The normalized spacial score (nSPS) is 13.2. The van der Waals surface area contributed by atoms with Crippen LogP contribution in [0.4, 0.5) is 5.69 Å². The summed E-state index contributed by atoms with van der Waals surface area (Å²) in [6.45, 7) is 1.94. The van der Waals surface area contributed by atoms with Crippen LogP contribution in [0, 0.1) is 18.3 Å². The van der Waals surface area contributed by atoms with Gasteiger partial charge in [0.25, 0.3) is 0 Å². The van der Waals surface area contributed by atoms with Crippen LogP contribution in [-0.4, -0.2) is 43.5 Å². The fraction of sp³-hybridized carbons (Fsp3) is 0.350. The van der Waals surface area contributed by atoms with Gasteiger partial charge in [-0.2, -0.15) is 5.26 Å². The smallest absolute Gasteiger partial charge is 0.242 e. The van der Waals surface area contributed by atoms with Crippen molar-refractivity contribution in [2.45, 2.75) is 36.1 Å². The number of anilines is 1. The molecule has 0 atom stereocenters. The molecule has 1 aliphatic carbocycles. The van der Waals surface area contributed by atoms with Crippen molar-refractivity contribution in [1.29, 1.82) is 5.26 Å². The summed E-state index contributed by atoms with van der Waals surface area (Å²) < 4.78 is 25.3. The van der Waals surface area contributed by atoms with E-state index in [-0.39, 0.29) is 16.6 Å². The predicted molar refractivity (Wildman–Crippen MR) is 112 cm³/mol. The molecule has 1 heterocycles. The molecule has 0 radical (unpaired) electrons. The highest BCUT2D eigenvalue weighted by Gasteiger charge is 2.21. The van der Waals surface area contributed by atoms with Crippen LogP contribution in [0.5, 0.6) is 0 Å². The van der Waals surface area contributed by atoms with Crippen molar-refractivity contribution in [3.63, 3.8) is 0 Å². The number of nitrogens with zero attached hydrogens (tertiary/aromatic N) is 3. The first-order chi connectivity index (χ1) is 13.7. The lowest BCUT2D eigenvalue weighted by molar-refractivity contribution is -0.113. The van der Waals surface area contributed by atoms with E-state index in [0.717, 1.165) is 34.8 Å². The van der Waals surface area contributed by atoms with Crippen LogP contribution in [-0.2, 0) is 27.7 Å². The first-order valence-corrected chi connectivity index (χ1v) is 11.5. The van der Waals surface area contributed by atoms with Crippen molar-refractivity contribution < 1.29 is 13.2 Å². The zero-order chi connectivity index (χ0) is 21.2. The van der Waals surface area contributed by atoms with Crippen LogP contribution < -0.4 is 5.32 Å². The lowest BCUT2D eigenvalue weighted by Gasteiger charge is -2.12. The molecule has 29 heavy (non-hydrogen) atoms. The van der Waals surface area contributed by atoms with Crippen molar-refractivity contribution in [3.8, 4) is 6.07 Å². The Labute approximate surface area is 175 Å². The molecule has 1 aromatic carbocycles. The third-order valence-electron chi connectivity index (χ3n) is 4.84. The van der Waals surface area contributed by atoms with Gasteiger partial charge in [-0.25, -0.2) is 17.7 Å². The molecule has 0 saturated heterocycles. The van der Waals surface area contributed by atoms with Crippen LogP contribution in [0.2, 0.25) is 0 Å². The second kappa shape index (κ2) is 8.53. The van der Waals surface area contributed by atoms with Gasteiger partial charge in [0.15, 0.2) is 0 Å². The minimum atomic E-state index is -3.51. The Morgan fingerprint density at radius 1 is 1.28 bits per heavy atom. The highest BCUT2D eigenvalue weighted by molar-refractivity contribution is 8.00. The van der Waals surface area contributed by atoms with Crippen LogP contribution in [0.1, 0.15) is 28.8 Å². The highest BCUT2D eigenvalue weighted by atomic mass is 32.2. The van der Waals surface area contributed by atoms with Crippen molar-refractivity contribution in [2.75, 3.05) is 25.2 Å². The first kappa shape index (κ1) is 21.3. The molecule has 1 N–H and O–H groups in total. The average molecular weight is 431 g/mol. The molecular formula is C20H22N4O3S2. The summed E-state index contributed by atoms with van der Waals surface area (Å²) in [5.74, 6) is -0.139. The molecule has 152 valence electrons. The maximum Gasteiger partial charge on any atom is 0.242 e. The lowest BCUT2D eigenvalue weighted by Crippen LogP contribution is -2.22. The summed E-state index contributed by atoms with van der Waals surface area (Å²) in [4.78, 5) is 17.1. The van der Waals surface area contributed by atoms with Crippen LogP contribution in [0.25, 0.3) is 0 Å². The lowest BCUT2D eigenvalue weighted by atomic mass is 10.0. The molecular weight excluding hydrogens is 408 g/mol. The number of nitriles is 1. The monoisotopic (exact) mass is 430 g/mol. The molecule has 7 nitrogen and oxygen atoms in total. The third-order valence-corrected chi connectivity index (χ3v) is 7.64. The number of aryl methyl sites for hydroxylation is 1. The van der Waals surface area contributed by atoms with E-state index in [9.17, 15) is 18.5 Å². The van der Waals surface area contributed by atoms with Crippen molar-refractivity contribution in [3.05, 3.63) is 46.6 Å². The molecule has 0 unspecified atom stereocenters. The topological polar surface area (TPSA) is 103 Å². The summed E-state index contributed by atoms with van der Waals surface area (Å²) in [7, 11) is -0.578. The van der Waals surface area contributed by atoms with Gasteiger partial charge in [-0.3, -0.25) is 4.79 Å². The van der Waals surface area contributed by atoms with Gasteiger partial charge in [-0.05, 0) is 61.6 Å². The summed E-state index contributed by atoms with van der Waals surface area (Å²) in [5.41, 5.74) is 4.22. The maximum atomic E-state index is 12.3. The molecule has 1 aliphatic rings. The number of amides is 1. The molecule has 0 bridgehead atoms. The molecule has 0 aliphatic heterocycles. The molecule has 0 fully saturated rings. The van der Waals surface area contributed by atoms with Crippen LogP contribution in [0.3, 0.4) is 0 Å². The summed E-state index contributed by atoms with van der Waals surface area (Å²) in [5, 5.41) is 12.8. The van der Waals surface area contributed by atoms with E-state index in [1.165, 1.54) is 43.6 Å². The minimum absolute atomic E-state index is 0.109. The Morgan fingerprint density at radius 2 is 1.97 bits per heavy atom. The van der Waals surface area contributed by atoms with Gasteiger partial charge >= 0.3 is 0 Å². The third kappa shape index (κ3) is 4.45. The second-order valence-electron chi connectivity index (χ2n) is 6.96. The first-order valence-electron chi connectivity index (χ1n) is 9.11. The Morgan fingerprint density at radius 3 is 2.59 bits per heavy atom. The quantitative estimate of drug-likeness (QED) is 0.707. The van der Waals surface area contributed by atoms with Gasteiger partial charge in [0, 0.05) is 25.5 Å². The van der Waals surface area contributed by atoms with Crippen LogP contribution >= 0.6 is 11.8 Å². The Balaban J connectivity index is 1.67. The summed E-state index contributed by atoms with van der Waals surface area (Å²) in [6.07, 6.45) is 2.90. The number of carbonyl (C=O) groups excluding carboxylic acids is 1. The predicted octanol–water partition coefficient (Wildman–Crippen LogP) is 2.73. The van der Waals surface area contributed by atoms with E-state index in [1.54, 1.807) is 12.1 Å². The zero-order valence-corrected chi connectivity index (χ0v) is 18.2. The number of aromatic nitrogens is 1. The van der Waals surface area contributed by atoms with Gasteiger partial charge in [0.1, 0.15) is 11.1 Å². The molecule has 2 aromatic rings. The highest BCUT2D eigenvalue weighted by Crippen LogP contribution is 2.31. The SMILES string of the molecule is Cc1c(C#N)c(SCC(=O)Nc2ccc(S(=O)(=O)N(C)C)cc2)nc2c1CCC2. The van der Waals surface area contributed by atoms with E-state index < -0.39 is 10.0 Å². The van der Waals surface area contributed by atoms with Crippen LogP contribution in [0.15, 0.2) is 34.2 Å². The number of pyridine rings is 1. The number of hydrogen-bond donors (Lipinski definition) is 1. The number of fused-ring (bicyclic) bond motifs is 1.